The monoisotopic (exact) mass is 498 g/mol. The van der Waals surface area contributed by atoms with Crippen molar-refractivity contribution in [2.75, 3.05) is 11.4 Å². The van der Waals surface area contributed by atoms with Gasteiger partial charge in [0.05, 0.1) is 11.3 Å². The fourth-order valence-corrected chi connectivity index (χ4v) is 4.73. The minimum absolute atomic E-state index is 0.00639. The molecule has 0 saturated carbocycles. The quantitative estimate of drug-likeness (QED) is 0.324. The highest BCUT2D eigenvalue weighted by atomic mass is 19.1. The molecule has 3 aromatic carbocycles. The van der Waals surface area contributed by atoms with Crippen LogP contribution in [0.2, 0.25) is 0 Å². The lowest BCUT2D eigenvalue weighted by Gasteiger charge is -2.20. The molecule has 188 valence electrons. The van der Waals surface area contributed by atoms with Gasteiger partial charge in [0.2, 0.25) is 5.91 Å². The van der Waals surface area contributed by atoms with Crippen molar-refractivity contribution in [3.8, 4) is 22.7 Å². The highest BCUT2D eigenvalue weighted by molar-refractivity contribution is 5.98. The van der Waals surface area contributed by atoms with E-state index in [9.17, 15) is 19.1 Å². The Balaban J connectivity index is 1.59. The van der Waals surface area contributed by atoms with Gasteiger partial charge >= 0.3 is 5.97 Å². The maximum absolute atomic E-state index is 13.3. The van der Waals surface area contributed by atoms with Crippen molar-refractivity contribution in [2.45, 2.75) is 33.3 Å². The second kappa shape index (κ2) is 9.93. The number of hydrogen-bond acceptors (Lipinski definition) is 3. The summed E-state index contributed by atoms with van der Waals surface area (Å²) >= 11 is 0. The van der Waals surface area contributed by atoms with Gasteiger partial charge in [0.1, 0.15) is 18.2 Å². The van der Waals surface area contributed by atoms with E-state index in [0.29, 0.717) is 30.1 Å². The minimum Gasteiger partial charge on any atom is -0.488 e. The van der Waals surface area contributed by atoms with Crippen molar-refractivity contribution in [2.24, 2.45) is 0 Å². The van der Waals surface area contributed by atoms with Crippen LogP contribution in [0.1, 0.15) is 40.0 Å². The van der Waals surface area contributed by atoms with E-state index in [2.05, 4.69) is 0 Å². The van der Waals surface area contributed by atoms with Crippen LogP contribution in [0.25, 0.3) is 16.9 Å². The summed E-state index contributed by atoms with van der Waals surface area (Å²) in [6.07, 6.45) is 1.20. The molecule has 37 heavy (non-hydrogen) atoms. The van der Waals surface area contributed by atoms with Crippen molar-refractivity contribution >= 4 is 17.6 Å². The number of rotatable bonds is 7. The number of amides is 1. The highest BCUT2D eigenvalue weighted by Gasteiger charge is 2.24. The Bertz CT molecular complexity index is 1490. The van der Waals surface area contributed by atoms with Crippen molar-refractivity contribution < 1.29 is 23.8 Å². The molecule has 1 saturated heterocycles. The SMILES string of the molecule is Cc1ccc(OCc2ccc(F)cc2)c(-c2ccc(C)n2-c2cc(C(=O)O)cc(N3CCCC3=O)c2)c1. The number of carboxylic acids is 1. The molecule has 0 radical (unpaired) electrons. The fraction of sp³-hybridized carbons (Fsp3) is 0.200. The lowest BCUT2D eigenvalue weighted by molar-refractivity contribution is -0.117. The first-order valence-electron chi connectivity index (χ1n) is 12.2. The van der Waals surface area contributed by atoms with Crippen LogP contribution in [0.5, 0.6) is 5.75 Å². The zero-order valence-electron chi connectivity index (χ0n) is 20.7. The van der Waals surface area contributed by atoms with Crippen LogP contribution >= 0.6 is 0 Å². The summed E-state index contributed by atoms with van der Waals surface area (Å²) in [6, 6.07) is 21.1. The fourth-order valence-electron chi connectivity index (χ4n) is 4.73. The molecule has 6 nitrogen and oxygen atoms in total. The van der Waals surface area contributed by atoms with Crippen molar-refractivity contribution in [3.63, 3.8) is 0 Å². The molecule has 0 bridgehead atoms. The number of aryl methyl sites for hydroxylation is 2. The second-order valence-electron chi connectivity index (χ2n) is 9.30. The van der Waals surface area contributed by atoms with Crippen molar-refractivity contribution in [3.05, 3.63) is 101 Å². The molecule has 1 aliphatic heterocycles. The molecular formula is C30H27FN2O4. The molecule has 7 heteroatoms. The first kappa shape index (κ1) is 24.3. The molecule has 1 N–H and O–H groups in total. The third-order valence-corrected chi connectivity index (χ3v) is 6.59. The first-order valence-corrected chi connectivity index (χ1v) is 12.2. The van der Waals surface area contributed by atoms with Gasteiger partial charge in [-0.3, -0.25) is 4.79 Å². The largest absolute Gasteiger partial charge is 0.488 e. The normalized spacial score (nSPS) is 13.3. The van der Waals surface area contributed by atoms with Gasteiger partial charge in [0.15, 0.2) is 0 Å². The Labute approximate surface area is 214 Å². The average molecular weight is 499 g/mol. The number of nitrogens with zero attached hydrogens (tertiary/aromatic N) is 2. The van der Waals surface area contributed by atoms with Crippen LogP contribution in [0.4, 0.5) is 10.1 Å². The van der Waals surface area contributed by atoms with E-state index in [4.69, 9.17) is 4.74 Å². The van der Waals surface area contributed by atoms with E-state index in [-0.39, 0.29) is 23.9 Å². The number of aromatic carboxylic acids is 1. The number of aromatic nitrogens is 1. The van der Waals surface area contributed by atoms with E-state index in [1.54, 1.807) is 29.2 Å². The zero-order chi connectivity index (χ0) is 26.1. The summed E-state index contributed by atoms with van der Waals surface area (Å²) in [5, 5.41) is 9.82. The summed E-state index contributed by atoms with van der Waals surface area (Å²) in [5.74, 6) is -0.710. The first-order chi connectivity index (χ1) is 17.8. The molecule has 4 aromatic rings. The number of carboxylic acid groups (broad SMARTS) is 1. The predicted octanol–water partition coefficient (Wildman–Crippen LogP) is 6.30. The van der Waals surface area contributed by atoms with Gasteiger partial charge in [-0.15, -0.1) is 0 Å². The van der Waals surface area contributed by atoms with E-state index in [1.807, 2.05) is 54.8 Å². The van der Waals surface area contributed by atoms with Gasteiger partial charge < -0.3 is 19.3 Å². The van der Waals surface area contributed by atoms with Gasteiger partial charge in [0.25, 0.3) is 0 Å². The van der Waals surface area contributed by atoms with Crippen molar-refractivity contribution in [1.82, 2.24) is 4.57 Å². The molecule has 0 unspecified atom stereocenters. The van der Waals surface area contributed by atoms with Gasteiger partial charge in [0, 0.05) is 35.6 Å². The van der Waals surface area contributed by atoms with Crippen LogP contribution in [0.3, 0.4) is 0 Å². The highest BCUT2D eigenvalue weighted by Crippen LogP contribution is 2.36. The Morgan fingerprint density at radius 3 is 2.43 bits per heavy atom. The number of carbonyl (C=O) groups is 2. The summed E-state index contributed by atoms with van der Waals surface area (Å²) in [7, 11) is 0. The summed E-state index contributed by atoms with van der Waals surface area (Å²) < 4.78 is 21.5. The molecule has 2 heterocycles. The smallest absolute Gasteiger partial charge is 0.335 e. The van der Waals surface area contributed by atoms with Gasteiger partial charge in [-0.25, -0.2) is 9.18 Å². The Morgan fingerprint density at radius 1 is 0.973 bits per heavy atom. The Hall–Kier alpha value is -4.39. The summed E-state index contributed by atoms with van der Waals surface area (Å²) in [6.45, 7) is 4.78. The third-order valence-electron chi connectivity index (χ3n) is 6.59. The molecule has 5 rings (SSSR count). The van der Waals surface area contributed by atoms with Crippen LogP contribution in [0, 0.1) is 19.7 Å². The molecular weight excluding hydrogens is 471 g/mol. The lowest BCUT2D eigenvalue weighted by Crippen LogP contribution is -2.24. The van der Waals surface area contributed by atoms with Gasteiger partial charge in [-0.2, -0.15) is 0 Å². The van der Waals surface area contributed by atoms with E-state index in [0.717, 1.165) is 34.5 Å². The maximum Gasteiger partial charge on any atom is 0.335 e. The number of halogens is 1. The van der Waals surface area contributed by atoms with Gasteiger partial charge in [-0.05, 0) is 80.4 Å². The molecule has 1 fully saturated rings. The lowest BCUT2D eigenvalue weighted by atomic mass is 10.1. The van der Waals surface area contributed by atoms with Gasteiger partial charge in [-0.1, -0.05) is 23.8 Å². The summed E-state index contributed by atoms with van der Waals surface area (Å²) in [5.41, 5.74) is 5.80. The maximum atomic E-state index is 13.3. The molecule has 1 aromatic heterocycles. The number of benzene rings is 3. The van der Waals surface area contributed by atoms with Crippen LogP contribution < -0.4 is 9.64 Å². The molecule has 0 aliphatic carbocycles. The number of hydrogen-bond donors (Lipinski definition) is 1. The Kier molecular flexibility index (Phi) is 6.53. The zero-order valence-corrected chi connectivity index (χ0v) is 20.7. The second-order valence-corrected chi connectivity index (χ2v) is 9.30. The predicted molar refractivity (Wildman–Crippen MR) is 140 cm³/mol. The Morgan fingerprint density at radius 2 is 1.73 bits per heavy atom. The van der Waals surface area contributed by atoms with E-state index >= 15 is 0 Å². The van der Waals surface area contributed by atoms with Crippen molar-refractivity contribution in [1.29, 1.82) is 0 Å². The van der Waals surface area contributed by atoms with Crippen LogP contribution in [-0.2, 0) is 11.4 Å². The standard InChI is InChI=1S/C30H27FN2O4/c1-19-5-12-28(37-18-21-7-9-23(31)10-8-21)26(14-19)27-11-6-20(2)33(27)25-16-22(30(35)36)15-24(17-25)32-13-3-4-29(32)34/h5-12,14-17H,3-4,13,18H2,1-2H3,(H,35,36). The third kappa shape index (κ3) is 4.98. The number of anilines is 1. The molecule has 1 amide bonds. The van der Waals surface area contributed by atoms with E-state index < -0.39 is 5.97 Å². The summed E-state index contributed by atoms with van der Waals surface area (Å²) in [4.78, 5) is 26.1. The molecule has 0 atom stereocenters. The number of carbonyl (C=O) groups excluding carboxylic acids is 1. The minimum atomic E-state index is -1.06. The average Bonchev–Trinajstić information content (AvgIpc) is 3.49. The number of ether oxygens (including phenoxy) is 1. The van der Waals surface area contributed by atoms with E-state index in [1.165, 1.54) is 12.1 Å². The topological polar surface area (TPSA) is 71.8 Å². The van der Waals surface area contributed by atoms with Crippen LogP contribution in [0.15, 0.2) is 72.8 Å². The molecule has 1 aliphatic rings. The molecule has 0 spiro atoms. The van der Waals surface area contributed by atoms with Crippen LogP contribution in [-0.4, -0.2) is 28.1 Å².